The smallest absolute Gasteiger partial charge is 0.335 e. The quantitative estimate of drug-likeness (QED) is 0.398. The average Bonchev–Trinajstić information content (AvgIpc) is 3.22. The number of hydrogen-bond donors (Lipinski definition) is 2. The van der Waals surface area contributed by atoms with Crippen molar-refractivity contribution in [2.24, 2.45) is 5.92 Å². The molecular formula is C23H30F4N4O. The summed E-state index contributed by atoms with van der Waals surface area (Å²) in [4.78, 5) is 13.8. The summed E-state index contributed by atoms with van der Waals surface area (Å²) >= 11 is 0. The fraction of sp³-hybridized carbons (Fsp3) is 0.565. The van der Waals surface area contributed by atoms with Crippen LogP contribution in [0.25, 0.3) is 11.3 Å². The Labute approximate surface area is 185 Å². The molecule has 2 unspecified atom stereocenters. The van der Waals surface area contributed by atoms with Gasteiger partial charge in [-0.3, -0.25) is 5.10 Å². The molecule has 32 heavy (non-hydrogen) atoms. The minimum absolute atomic E-state index is 0.0368. The first-order valence-corrected chi connectivity index (χ1v) is 11.1. The lowest BCUT2D eigenvalue weighted by atomic mass is 9.85. The van der Waals surface area contributed by atoms with E-state index in [1.54, 1.807) is 19.2 Å². The molecule has 1 aliphatic carbocycles. The van der Waals surface area contributed by atoms with Gasteiger partial charge < -0.3 is 10.2 Å². The van der Waals surface area contributed by atoms with Crippen molar-refractivity contribution in [1.82, 2.24) is 20.4 Å². The number of nitrogens with zero attached hydrogens (tertiary/aromatic N) is 2. The molecular weight excluding hydrogens is 424 g/mol. The lowest BCUT2D eigenvalue weighted by Crippen LogP contribution is -2.46. The summed E-state index contributed by atoms with van der Waals surface area (Å²) in [5.41, 5.74) is 2.39. The van der Waals surface area contributed by atoms with E-state index >= 15 is 0 Å². The van der Waals surface area contributed by atoms with Gasteiger partial charge in [-0.05, 0) is 56.7 Å². The first kappa shape index (κ1) is 24.1. The molecule has 176 valence electrons. The van der Waals surface area contributed by atoms with E-state index in [2.05, 4.69) is 15.5 Å². The maximum Gasteiger partial charge on any atom is 0.391 e. The van der Waals surface area contributed by atoms with Gasteiger partial charge in [0.25, 0.3) is 0 Å². The Morgan fingerprint density at radius 1 is 1.22 bits per heavy atom. The van der Waals surface area contributed by atoms with E-state index in [9.17, 15) is 22.4 Å². The van der Waals surface area contributed by atoms with Crippen molar-refractivity contribution >= 4 is 6.03 Å². The van der Waals surface area contributed by atoms with Crippen LogP contribution in [0.3, 0.4) is 0 Å². The van der Waals surface area contributed by atoms with E-state index in [0.29, 0.717) is 25.1 Å². The van der Waals surface area contributed by atoms with E-state index in [1.165, 1.54) is 17.0 Å². The molecule has 3 rings (SSSR count). The first-order chi connectivity index (χ1) is 15.2. The van der Waals surface area contributed by atoms with Gasteiger partial charge in [-0.25, -0.2) is 9.18 Å². The molecule has 0 aliphatic heterocycles. The van der Waals surface area contributed by atoms with Crippen molar-refractivity contribution in [3.63, 3.8) is 0 Å². The normalized spacial score (nSPS) is 19.0. The van der Waals surface area contributed by atoms with Crippen LogP contribution in [0.15, 0.2) is 30.3 Å². The number of halogens is 4. The van der Waals surface area contributed by atoms with Crippen LogP contribution in [0, 0.1) is 11.7 Å². The Balaban J connectivity index is 1.34. The number of nitrogens with one attached hydrogen (secondary N) is 2. The largest absolute Gasteiger partial charge is 0.391 e. The van der Waals surface area contributed by atoms with Gasteiger partial charge in [0.2, 0.25) is 0 Å². The topological polar surface area (TPSA) is 61.0 Å². The van der Waals surface area contributed by atoms with Gasteiger partial charge in [-0.2, -0.15) is 18.3 Å². The van der Waals surface area contributed by atoms with Gasteiger partial charge in [0.1, 0.15) is 5.82 Å². The number of carbonyl (C=O) groups is 1. The molecule has 0 radical (unpaired) electrons. The van der Waals surface area contributed by atoms with Crippen LogP contribution in [-0.2, 0) is 6.42 Å². The highest BCUT2D eigenvalue weighted by molar-refractivity contribution is 5.74. The third-order valence-corrected chi connectivity index (χ3v) is 6.00. The summed E-state index contributed by atoms with van der Waals surface area (Å²) in [6.07, 6.45) is 0.366. The van der Waals surface area contributed by atoms with Crippen LogP contribution >= 0.6 is 0 Å². The van der Waals surface area contributed by atoms with Crippen molar-refractivity contribution in [3.8, 4) is 11.3 Å². The minimum Gasteiger partial charge on any atom is -0.335 e. The van der Waals surface area contributed by atoms with E-state index in [1.807, 2.05) is 6.07 Å². The van der Waals surface area contributed by atoms with Gasteiger partial charge in [0.05, 0.1) is 11.6 Å². The number of unbranched alkanes of at least 4 members (excludes halogenated alkanes) is 2. The van der Waals surface area contributed by atoms with Gasteiger partial charge in [-0.15, -0.1) is 0 Å². The second kappa shape index (κ2) is 10.8. The summed E-state index contributed by atoms with van der Waals surface area (Å²) in [6.45, 7) is 0.540. The summed E-state index contributed by atoms with van der Waals surface area (Å²) < 4.78 is 52.1. The van der Waals surface area contributed by atoms with Crippen LogP contribution in [0.4, 0.5) is 22.4 Å². The monoisotopic (exact) mass is 454 g/mol. The fourth-order valence-electron chi connectivity index (χ4n) is 4.13. The number of aromatic nitrogens is 2. The number of aromatic amines is 1. The fourth-order valence-corrected chi connectivity index (χ4v) is 4.13. The lowest BCUT2D eigenvalue weighted by molar-refractivity contribution is -0.183. The van der Waals surface area contributed by atoms with Crippen molar-refractivity contribution in [3.05, 3.63) is 41.8 Å². The number of carbonyl (C=O) groups excluding carboxylic acids is 1. The predicted octanol–water partition coefficient (Wildman–Crippen LogP) is 5.69. The van der Waals surface area contributed by atoms with Crippen molar-refractivity contribution < 1.29 is 22.4 Å². The third kappa shape index (κ3) is 6.97. The Morgan fingerprint density at radius 2 is 2.03 bits per heavy atom. The Kier molecular flexibility index (Phi) is 8.15. The first-order valence-electron chi connectivity index (χ1n) is 11.1. The molecule has 1 saturated carbocycles. The number of benzene rings is 1. The summed E-state index contributed by atoms with van der Waals surface area (Å²) in [6, 6.07) is 7.46. The van der Waals surface area contributed by atoms with Crippen LogP contribution in [0.2, 0.25) is 0 Å². The minimum atomic E-state index is -4.19. The highest BCUT2D eigenvalue weighted by atomic mass is 19.4. The summed E-state index contributed by atoms with van der Waals surface area (Å²) in [5, 5.41) is 9.96. The van der Waals surface area contributed by atoms with E-state index in [4.69, 9.17) is 0 Å². The van der Waals surface area contributed by atoms with Crippen molar-refractivity contribution in [2.45, 2.75) is 63.6 Å². The van der Waals surface area contributed by atoms with Crippen LogP contribution < -0.4 is 5.32 Å². The number of alkyl halides is 3. The molecule has 2 aromatic rings. The van der Waals surface area contributed by atoms with Gasteiger partial charge in [0, 0.05) is 30.9 Å². The highest BCUT2D eigenvalue weighted by Gasteiger charge is 2.42. The molecule has 0 spiro atoms. The number of hydrogen-bond acceptors (Lipinski definition) is 2. The molecule has 1 aromatic heterocycles. The van der Waals surface area contributed by atoms with Gasteiger partial charge >= 0.3 is 12.2 Å². The second-order valence-electron chi connectivity index (χ2n) is 8.57. The molecule has 2 N–H and O–H groups in total. The Bertz CT molecular complexity index is 883. The molecule has 1 aromatic carbocycles. The molecule has 2 amide bonds. The van der Waals surface area contributed by atoms with Crippen LogP contribution in [0.5, 0.6) is 0 Å². The van der Waals surface area contributed by atoms with Crippen molar-refractivity contribution in [2.75, 3.05) is 13.6 Å². The van der Waals surface area contributed by atoms with Gasteiger partial charge in [0.15, 0.2) is 0 Å². The molecule has 5 nitrogen and oxygen atoms in total. The maximum absolute atomic E-state index is 13.3. The molecule has 1 aliphatic rings. The number of rotatable bonds is 8. The zero-order valence-electron chi connectivity index (χ0n) is 18.2. The number of aryl methyl sites for hydroxylation is 1. The van der Waals surface area contributed by atoms with E-state index < -0.39 is 18.1 Å². The van der Waals surface area contributed by atoms with Crippen molar-refractivity contribution in [1.29, 1.82) is 0 Å². The Hall–Kier alpha value is -2.58. The predicted molar refractivity (Wildman–Crippen MR) is 114 cm³/mol. The standard InChI is InChI=1S/C23H30F4N4O/c1-31(22(32)28-19-11-6-8-17(14-19)23(25,26)27)12-4-2-3-10-20-15-21(30-29-20)16-7-5-9-18(24)13-16/h5,7,9,13,15,17,19H,2-4,6,8,10-12,14H2,1H3,(H,28,32)(H,29,30). The molecule has 1 fully saturated rings. The molecule has 0 bridgehead atoms. The van der Waals surface area contributed by atoms with Crippen LogP contribution in [0.1, 0.15) is 50.6 Å². The number of urea groups is 1. The Morgan fingerprint density at radius 3 is 2.78 bits per heavy atom. The molecule has 2 atom stereocenters. The van der Waals surface area contributed by atoms with Gasteiger partial charge in [-0.1, -0.05) is 25.0 Å². The SMILES string of the molecule is CN(CCCCCc1cc(-c2cccc(F)c2)n[nH]1)C(=O)NC1CCCC(C(F)(F)F)C1. The number of H-pyrrole nitrogens is 1. The van der Waals surface area contributed by atoms with E-state index in [-0.39, 0.29) is 24.7 Å². The maximum atomic E-state index is 13.3. The molecule has 9 heteroatoms. The zero-order valence-corrected chi connectivity index (χ0v) is 18.2. The zero-order chi connectivity index (χ0) is 23.1. The van der Waals surface area contributed by atoms with E-state index in [0.717, 1.165) is 36.9 Å². The lowest BCUT2D eigenvalue weighted by Gasteiger charge is -2.32. The molecule has 1 heterocycles. The second-order valence-corrected chi connectivity index (χ2v) is 8.57. The summed E-state index contributed by atoms with van der Waals surface area (Å²) in [5.74, 6) is -1.63. The number of amides is 2. The summed E-state index contributed by atoms with van der Waals surface area (Å²) in [7, 11) is 1.67. The average molecular weight is 455 g/mol. The molecule has 0 saturated heterocycles. The third-order valence-electron chi connectivity index (χ3n) is 6.00. The van der Waals surface area contributed by atoms with Crippen LogP contribution in [-0.4, -0.2) is 46.9 Å². The highest BCUT2D eigenvalue weighted by Crippen LogP contribution is 2.37.